The first-order valence-electron chi connectivity index (χ1n) is 22.2. The Balaban J connectivity index is 0.905. The third-order valence-electron chi connectivity index (χ3n) is 12.2. The number of benzene rings is 2. The van der Waals surface area contributed by atoms with Gasteiger partial charge < -0.3 is 29.5 Å². The van der Waals surface area contributed by atoms with Crippen molar-refractivity contribution in [1.29, 1.82) is 0 Å². The summed E-state index contributed by atoms with van der Waals surface area (Å²) in [4.78, 5) is 64.9. The van der Waals surface area contributed by atoms with Crippen LogP contribution in [0.2, 0.25) is 0 Å². The van der Waals surface area contributed by atoms with E-state index in [9.17, 15) is 19.2 Å². The monoisotopic (exact) mass is 889 g/mol. The molecular formula is C47H67N7O6S2. The van der Waals surface area contributed by atoms with E-state index in [1.165, 1.54) is 55.2 Å². The number of carbonyl (C=O) groups is 4. The summed E-state index contributed by atoms with van der Waals surface area (Å²) < 4.78 is 12.7. The fraction of sp³-hybridized carbons (Fsp3) is 0.596. The van der Waals surface area contributed by atoms with Gasteiger partial charge in [-0.2, -0.15) is 0 Å². The van der Waals surface area contributed by atoms with Crippen molar-refractivity contribution in [3.05, 3.63) is 59.3 Å². The van der Waals surface area contributed by atoms with Gasteiger partial charge in [-0.05, 0) is 66.6 Å². The molecule has 1 saturated carbocycles. The molecule has 2 N–H and O–H groups in total. The van der Waals surface area contributed by atoms with E-state index in [1.54, 1.807) is 30.0 Å². The van der Waals surface area contributed by atoms with Gasteiger partial charge in [-0.1, -0.05) is 76.5 Å². The van der Waals surface area contributed by atoms with E-state index < -0.39 is 0 Å². The maximum absolute atomic E-state index is 13.6. The van der Waals surface area contributed by atoms with Crippen LogP contribution < -0.4 is 20.3 Å². The lowest BCUT2D eigenvalue weighted by molar-refractivity contribution is -0.130. The van der Waals surface area contributed by atoms with Crippen molar-refractivity contribution in [2.75, 3.05) is 96.0 Å². The van der Waals surface area contributed by atoms with Crippen LogP contribution in [0, 0.1) is 23.7 Å². The van der Waals surface area contributed by atoms with Crippen molar-refractivity contribution >= 4 is 57.5 Å². The summed E-state index contributed by atoms with van der Waals surface area (Å²) in [6.07, 6.45) is 8.89. The van der Waals surface area contributed by atoms with Crippen molar-refractivity contribution in [1.82, 2.24) is 25.0 Å². The summed E-state index contributed by atoms with van der Waals surface area (Å²) in [5.41, 5.74) is 3.08. The average Bonchev–Trinajstić information content (AvgIpc) is 3.94. The summed E-state index contributed by atoms with van der Waals surface area (Å²) in [7, 11) is 1.56. The lowest BCUT2D eigenvalue weighted by atomic mass is 9.82. The summed E-state index contributed by atoms with van der Waals surface area (Å²) >= 11 is 2.85. The van der Waals surface area contributed by atoms with E-state index in [2.05, 4.69) is 53.1 Å². The fourth-order valence-corrected chi connectivity index (χ4v) is 10.5. The Morgan fingerprint density at radius 2 is 1.55 bits per heavy atom. The molecule has 62 heavy (non-hydrogen) atoms. The first-order chi connectivity index (χ1) is 29.6. The molecule has 13 nitrogen and oxygen atoms in total. The van der Waals surface area contributed by atoms with E-state index in [4.69, 9.17) is 9.47 Å². The Morgan fingerprint density at radius 1 is 0.887 bits per heavy atom. The fourth-order valence-electron chi connectivity index (χ4n) is 8.59. The molecule has 3 aromatic rings. The number of aromatic nitrogens is 1. The second-order valence-electron chi connectivity index (χ2n) is 18.7. The number of nitrogens with one attached hydrogen (secondary N) is 2. The molecule has 0 unspecified atom stereocenters. The van der Waals surface area contributed by atoms with Gasteiger partial charge >= 0.3 is 0 Å². The number of hydrogen-bond acceptors (Lipinski definition) is 11. The SMILES string of the molecule is COc1cc(C)c(Sc2cnc(NC(=O)c3ccc(N4CCN(CCC(=O)NCC(C)(C)COCC(C)(C)CC5CCCC5)CC4)cc3)s2)cc1C(=O)N1CCN(C(C)=O)CC1. The van der Waals surface area contributed by atoms with Gasteiger partial charge in [0.2, 0.25) is 11.8 Å². The summed E-state index contributed by atoms with van der Waals surface area (Å²) in [6.45, 7) is 20.5. The Kier molecular flexibility index (Phi) is 16.4. The number of rotatable bonds is 18. The molecule has 3 fully saturated rings. The zero-order valence-corrected chi connectivity index (χ0v) is 39.5. The minimum absolute atomic E-state index is 0.0130. The number of ether oxygens (including phenoxy) is 2. The van der Waals surface area contributed by atoms with Gasteiger partial charge in [-0.25, -0.2) is 4.98 Å². The van der Waals surface area contributed by atoms with E-state index in [-0.39, 0.29) is 34.5 Å². The van der Waals surface area contributed by atoms with Crippen molar-refractivity contribution < 1.29 is 28.7 Å². The largest absolute Gasteiger partial charge is 0.496 e. The van der Waals surface area contributed by atoms with Crippen LogP contribution >= 0.6 is 23.1 Å². The van der Waals surface area contributed by atoms with Crippen molar-refractivity contribution in [2.24, 2.45) is 16.7 Å². The molecule has 338 valence electrons. The smallest absolute Gasteiger partial charge is 0.257 e. The number of thiazole rings is 1. The molecule has 3 heterocycles. The topological polar surface area (TPSA) is 137 Å². The molecule has 0 spiro atoms. The molecule has 1 aromatic heterocycles. The molecule has 0 radical (unpaired) electrons. The third-order valence-corrected chi connectivity index (χ3v) is 14.4. The van der Waals surface area contributed by atoms with Crippen LogP contribution in [-0.2, 0) is 14.3 Å². The van der Waals surface area contributed by atoms with Crippen LogP contribution in [0.15, 0.2) is 51.7 Å². The lowest BCUT2D eigenvalue weighted by Crippen LogP contribution is -2.50. The minimum atomic E-state index is -0.238. The van der Waals surface area contributed by atoms with E-state index in [1.807, 2.05) is 43.3 Å². The molecule has 3 aliphatic rings. The van der Waals surface area contributed by atoms with Gasteiger partial charge in [-0.15, -0.1) is 0 Å². The minimum Gasteiger partial charge on any atom is -0.496 e. The number of hydrogen-bond donors (Lipinski definition) is 2. The van der Waals surface area contributed by atoms with Gasteiger partial charge in [-0.3, -0.25) is 29.4 Å². The molecule has 2 aliphatic heterocycles. The van der Waals surface area contributed by atoms with E-state index >= 15 is 0 Å². The Bertz CT molecular complexity index is 2000. The normalized spacial score (nSPS) is 16.7. The zero-order valence-electron chi connectivity index (χ0n) is 37.8. The summed E-state index contributed by atoms with van der Waals surface area (Å²) in [5.74, 6) is 1.08. The second-order valence-corrected chi connectivity index (χ2v) is 21.1. The molecule has 2 aromatic carbocycles. The molecule has 0 bridgehead atoms. The second kappa shape index (κ2) is 21.5. The van der Waals surface area contributed by atoms with Gasteiger partial charge in [0.05, 0.1) is 36.3 Å². The number of carbonyl (C=O) groups excluding carboxylic acids is 4. The van der Waals surface area contributed by atoms with Crippen molar-refractivity contribution in [2.45, 2.75) is 89.2 Å². The molecule has 6 rings (SSSR count). The highest BCUT2D eigenvalue weighted by Crippen LogP contribution is 2.39. The maximum atomic E-state index is 13.6. The van der Waals surface area contributed by atoms with Crippen LogP contribution in [0.1, 0.15) is 99.4 Å². The van der Waals surface area contributed by atoms with E-state index in [0.29, 0.717) is 67.8 Å². The predicted octanol–water partition coefficient (Wildman–Crippen LogP) is 7.45. The molecule has 0 atom stereocenters. The van der Waals surface area contributed by atoms with Crippen LogP contribution in [0.3, 0.4) is 0 Å². The standard InChI is InChI=1S/C47H67N7O6S2/c1-33-26-39(59-7)38(44(58)54-24-22-52(23-25-54)34(2)55)27-40(33)61-42-29-48-45(62-42)50-43(57)36-12-14-37(15-13-36)53-20-18-51(19-21-53)17-16-41(56)49-30-47(5,6)32-60-31-46(3,4)28-35-10-8-9-11-35/h12-15,26-27,29,35H,8-11,16-25,28,30-32H2,1-7H3,(H,49,56)(H,48,50,57). The highest BCUT2D eigenvalue weighted by molar-refractivity contribution is 8.01. The number of piperazine rings is 2. The number of anilines is 2. The van der Waals surface area contributed by atoms with Crippen molar-refractivity contribution in [3.63, 3.8) is 0 Å². The predicted molar refractivity (Wildman–Crippen MR) is 248 cm³/mol. The Labute approximate surface area is 376 Å². The first-order valence-corrected chi connectivity index (χ1v) is 23.8. The van der Waals surface area contributed by atoms with Gasteiger partial charge in [0, 0.05) is 100 Å². The van der Waals surface area contributed by atoms with Crippen LogP contribution in [0.5, 0.6) is 5.75 Å². The highest BCUT2D eigenvalue weighted by atomic mass is 32.2. The third kappa shape index (κ3) is 13.4. The summed E-state index contributed by atoms with van der Waals surface area (Å²) in [5, 5.41) is 6.57. The molecule has 2 saturated heterocycles. The molecule has 4 amide bonds. The first kappa shape index (κ1) is 47.3. The number of nitrogens with zero attached hydrogens (tertiary/aromatic N) is 5. The average molecular weight is 890 g/mol. The Morgan fingerprint density at radius 3 is 2.21 bits per heavy atom. The van der Waals surface area contributed by atoms with E-state index in [0.717, 1.165) is 65.6 Å². The lowest BCUT2D eigenvalue weighted by Gasteiger charge is -2.36. The number of amides is 4. The summed E-state index contributed by atoms with van der Waals surface area (Å²) in [6, 6.07) is 11.4. The van der Waals surface area contributed by atoms with Crippen LogP contribution in [0.4, 0.5) is 10.8 Å². The number of aryl methyl sites for hydroxylation is 1. The Hall–Kier alpha value is -4.18. The van der Waals surface area contributed by atoms with Gasteiger partial charge in [0.25, 0.3) is 11.8 Å². The highest BCUT2D eigenvalue weighted by Gasteiger charge is 2.29. The van der Waals surface area contributed by atoms with Gasteiger partial charge in [0.1, 0.15) is 5.75 Å². The molecule has 15 heteroatoms. The van der Waals surface area contributed by atoms with Crippen LogP contribution in [-0.4, -0.2) is 129 Å². The quantitative estimate of drug-likeness (QED) is 0.133. The maximum Gasteiger partial charge on any atom is 0.257 e. The molecular weight excluding hydrogens is 823 g/mol. The van der Waals surface area contributed by atoms with Crippen LogP contribution in [0.25, 0.3) is 0 Å². The zero-order chi connectivity index (χ0) is 44.4. The van der Waals surface area contributed by atoms with Gasteiger partial charge in [0.15, 0.2) is 5.13 Å². The number of methoxy groups -OCH3 is 1. The van der Waals surface area contributed by atoms with Crippen molar-refractivity contribution in [3.8, 4) is 5.75 Å². The molecule has 1 aliphatic carbocycles.